The lowest BCUT2D eigenvalue weighted by Crippen LogP contribution is -2.14. The summed E-state index contributed by atoms with van der Waals surface area (Å²) in [6, 6.07) is 20.0. The van der Waals surface area contributed by atoms with Crippen LogP contribution in [0.25, 0.3) is 83.5 Å². The molecule has 584 valence electrons. The van der Waals surface area contributed by atoms with Gasteiger partial charge in [-0.1, -0.05) is 0 Å². The Bertz CT molecular complexity index is 5300. The monoisotopic (exact) mass is 1700 g/mol. The minimum absolute atomic E-state index is 0.0151. The zero-order chi connectivity index (χ0) is 82.3. The van der Waals surface area contributed by atoms with Crippen molar-refractivity contribution in [2.75, 3.05) is 56.9 Å². The molecule has 0 bridgehead atoms. The second-order valence-electron chi connectivity index (χ2n) is 22.7. The van der Waals surface area contributed by atoms with Crippen molar-refractivity contribution in [2.45, 2.75) is 27.7 Å². The highest BCUT2D eigenvalue weighted by Gasteiger charge is 2.35. The fraction of sp³-hybridized carbons (Fsp3) is 0.158. The third-order valence-corrected chi connectivity index (χ3v) is 23.7. The Hall–Kier alpha value is -10.6. The van der Waals surface area contributed by atoms with Gasteiger partial charge < -0.3 is 37.9 Å². The predicted octanol–water partition coefficient (Wildman–Crippen LogP) is 21.8. The Balaban J connectivity index is 0.000000172. The van der Waals surface area contributed by atoms with Gasteiger partial charge >= 0.3 is 47.8 Å². The number of esters is 8. The first-order chi connectivity index (χ1) is 53.1. The van der Waals surface area contributed by atoms with Crippen LogP contribution in [0.3, 0.4) is 0 Å². The van der Waals surface area contributed by atoms with E-state index in [1.807, 2.05) is 0 Å². The van der Waals surface area contributed by atoms with E-state index >= 15 is 0 Å². The quantitative estimate of drug-likeness (QED) is 0.0500. The zero-order valence-electron chi connectivity index (χ0n) is 59.6. The number of hydrogen-bond donors (Lipinski definition) is 0. The normalized spacial score (nSPS) is 10.8. The Labute approximate surface area is 659 Å². The average Bonchev–Trinajstić information content (AvgIpc) is 1.32. The largest absolute Gasteiger partial charge is 0.465 e. The van der Waals surface area contributed by atoms with Crippen LogP contribution in [0.5, 0.6) is 0 Å². The summed E-state index contributed by atoms with van der Waals surface area (Å²) in [5.74, 6) is -10.4. The summed E-state index contributed by atoms with van der Waals surface area (Å²) < 4.78 is 202. The molecule has 0 atom stereocenters. The summed E-state index contributed by atoms with van der Waals surface area (Å²) in [5, 5.41) is -6.10. The topological polar surface area (TPSA) is 210 Å². The van der Waals surface area contributed by atoms with Crippen molar-refractivity contribution in [3.05, 3.63) is 228 Å². The van der Waals surface area contributed by atoms with Crippen molar-refractivity contribution in [1.82, 2.24) is 0 Å². The molecule has 4 aromatic carbocycles. The van der Waals surface area contributed by atoms with Gasteiger partial charge in [-0.2, -0.15) is 35.1 Å². The highest BCUT2D eigenvalue weighted by Crippen LogP contribution is 2.48. The van der Waals surface area contributed by atoms with Crippen LogP contribution in [0.4, 0.5) is 52.7 Å². The number of carbonyl (C=O) groups is 8. The van der Waals surface area contributed by atoms with Crippen molar-refractivity contribution in [1.29, 1.82) is 0 Å². The summed E-state index contributed by atoms with van der Waals surface area (Å²) in [7, 11) is 9.37. The maximum absolute atomic E-state index is 13.7. The van der Waals surface area contributed by atoms with Crippen molar-refractivity contribution < 1.29 is 129 Å². The second kappa shape index (κ2) is 36.3. The van der Waals surface area contributed by atoms with Crippen molar-refractivity contribution in [2.24, 2.45) is 0 Å². The molecular weight excluding hydrogens is 1650 g/mol. The number of rotatable bonds is 16. The lowest BCUT2D eigenvalue weighted by Gasteiger charge is -2.20. The van der Waals surface area contributed by atoms with Gasteiger partial charge in [0.2, 0.25) is 20.5 Å². The van der Waals surface area contributed by atoms with E-state index in [1.165, 1.54) is 103 Å². The van der Waals surface area contributed by atoms with E-state index in [0.29, 0.717) is 98.2 Å². The first kappa shape index (κ1) is 85.4. The van der Waals surface area contributed by atoms with Gasteiger partial charge in [-0.25, -0.2) is 55.9 Å². The predicted molar refractivity (Wildman–Crippen MR) is 401 cm³/mol. The maximum atomic E-state index is 13.7. The molecule has 0 aliphatic heterocycles. The Morgan fingerprint density at radius 1 is 0.232 bits per heavy atom. The van der Waals surface area contributed by atoms with E-state index < -0.39 is 112 Å². The molecule has 0 amide bonds. The Morgan fingerprint density at radius 3 is 0.598 bits per heavy atom. The molecule has 0 spiro atoms. The summed E-state index contributed by atoms with van der Waals surface area (Å²) in [6.07, 6.45) is 0. The molecule has 112 heavy (non-hydrogen) atoms. The van der Waals surface area contributed by atoms with Gasteiger partial charge in [0, 0.05) is 83.5 Å². The van der Waals surface area contributed by atoms with E-state index in [-0.39, 0.29) is 97.4 Å². The molecule has 0 saturated carbocycles. The molecule has 0 aliphatic rings. The van der Waals surface area contributed by atoms with Crippen molar-refractivity contribution in [3.63, 3.8) is 0 Å². The lowest BCUT2D eigenvalue weighted by molar-refractivity contribution is 0.0586. The number of benzene rings is 4. The first-order valence-electron chi connectivity index (χ1n) is 31.3. The number of thiophene rings is 8. The SMILES string of the molecule is COC(=O)c1c(C)c(-c2cc(F)c(F)s2)c(C(=O)OC)c(C)c1-c1cc(F)c(F)s1.COC(=O)c1c(C)c(-c2ccc(F)s2)c(C(=O)OC)c(C)c1-c1ccc(F)s1.COC(=O)c1cc(-c2cc(F)c(F)s2)c(C(=O)OC)cc1-c1cc(F)c(F)s1.COC(=O)c1cc(-c2ccc(F)s2)c(C(=O)OC)cc1-c1ccc(F)s1. The fourth-order valence-electron chi connectivity index (χ4n) is 11.5. The highest BCUT2D eigenvalue weighted by atomic mass is 32.1. The zero-order valence-corrected chi connectivity index (χ0v) is 66.1. The molecule has 8 heterocycles. The van der Waals surface area contributed by atoms with E-state index in [4.69, 9.17) is 37.9 Å². The van der Waals surface area contributed by atoms with Gasteiger partial charge in [0.05, 0.1) is 101 Å². The van der Waals surface area contributed by atoms with Crippen LogP contribution in [0.2, 0.25) is 0 Å². The standard InChI is InChI=1S/C20H14F4O4S2.C20H16F2O4S2.C18H10F4O4S2.C18H12F2O4S2/c1-7-13(11-5-9(21)17(23)29-11)16(20(26)28-4)8(2)14(15(7)19(25)27-3)12-6-10(22)18(24)30-12;1-9-15(11-5-7-13(21)27-11)18(20(24)26-4)10(2)16(17(9)19(23)25-3)12-6-8-14(22)28-12;1-25-17(23)9-3-8(14-6-12(20)16(22)28-14)10(18(24)26-2)4-7(9)13-5-11(19)15(21)27-13;1-23-17(21)11-7-10(14-4-6-16(20)26-14)12(18(22)24-2)8-9(11)13-3-5-15(19)25-13/h5-6H,1-4H3;5-8H,1-4H3;3-6H,1-2H3;3-8H,1-2H3. The molecule has 0 saturated heterocycles. The molecule has 0 N–H and O–H groups in total. The minimum atomic E-state index is -1.12. The van der Waals surface area contributed by atoms with Crippen LogP contribution in [-0.4, -0.2) is 105 Å². The number of carbonyl (C=O) groups excluding carboxylic acids is 8. The van der Waals surface area contributed by atoms with Crippen LogP contribution in [0.15, 0.2) is 97.1 Å². The maximum Gasteiger partial charge on any atom is 0.338 e. The number of hydrogen-bond acceptors (Lipinski definition) is 24. The smallest absolute Gasteiger partial charge is 0.338 e. The van der Waals surface area contributed by atoms with Gasteiger partial charge in [-0.3, -0.25) is 0 Å². The Kier molecular flexibility index (Phi) is 27.6. The van der Waals surface area contributed by atoms with Crippen molar-refractivity contribution >= 4 is 138 Å². The third-order valence-electron chi connectivity index (χ3n) is 16.4. The van der Waals surface area contributed by atoms with E-state index in [1.54, 1.807) is 26.0 Å². The van der Waals surface area contributed by atoms with Gasteiger partial charge in [0.15, 0.2) is 43.8 Å². The molecule has 0 aliphatic carbocycles. The molecule has 0 radical (unpaired) electrons. The highest BCUT2D eigenvalue weighted by molar-refractivity contribution is 7.16. The molecule has 16 nitrogen and oxygen atoms in total. The van der Waals surface area contributed by atoms with E-state index in [2.05, 4.69) is 0 Å². The Morgan fingerprint density at radius 2 is 0.420 bits per heavy atom. The number of methoxy groups -OCH3 is 8. The van der Waals surface area contributed by atoms with Crippen LogP contribution in [0.1, 0.15) is 105 Å². The summed E-state index contributed by atoms with van der Waals surface area (Å²) in [5.41, 5.74) is 3.11. The summed E-state index contributed by atoms with van der Waals surface area (Å²) >= 11 is 5.13. The molecule has 36 heteroatoms. The number of halogens is 12. The molecule has 12 aromatic rings. The first-order valence-corrected chi connectivity index (χ1v) is 37.9. The number of ether oxygens (including phenoxy) is 8. The van der Waals surface area contributed by atoms with Crippen LogP contribution >= 0.6 is 90.7 Å². The van der Waals surface area contributed by atoms with E-state index in [9.17, 15) is 91.0 Å². The van der Waals surface area contributed by atoms with Crippen molar-refractivity contribution in [3.8, 4) is 83.5 Å². The van der Waals surface area contributed by atoms with Gasteiger partial charge in [-0.15, -0.1) is 90.7 Å². The summed E-state index contributed by atoms with van der Waals surface area (Å²) in [6.45, 7) is 6.21. The van der Waals surface area contributed by atoms with Crippen LogP contribution < -0.4 is 0 Å². The lowest BCUT2D eigenvalue weighted by atomic mass is 9.86. The summed E-state index contributed by atoms with van der Waals surface area (Å²) in [4.78, 5) is 101. The molecule has 0 unspecified atom stereocenters. The minimum Gasteiger partial charge on any atom is -0.465 e. The van der Waals surface area contributed by atoms with Gasteiger partial charge in [0.25, 0.3) is 0 Å². The molecular formula is C76H52F12O16S8. The average molecular weight is 1710 g/mol. The van der Waals surface area contributed by atoms with E-state index in [0.717, 1.165) is 98.1 Å². The van der Waals surface area contributed by atoms with Gasteiger partial charge in [-0.05, 0) is 147 Å². The third kappa shape index (κ3) is 17.7. The fourth-order valence-corrected chi connectivity index (χ4v) is 18.0. The molecule has 0 fully saturated rings. The second-order valence-corrected chi connectivity index (χ2v) is 30.8. The van der Waals surface area contributed by atoms with Crippen LogP contribution in [-0.2, 0) is 37.9 Å². The van der Waals surface area contributed by atoms with Crippen LogP contribution in [0, 0.1) is 92.0 Å². The molecule has 8 aromatic heterocycles. The van der Waals surface area contributed by atoms with Gasteiger partial charge in [0.1, 0.15) is 0 Å². The molecule has 12 rings (SSSR count).